The molecule has 12 nitrogen and oxygen atoms in total. The number of rotatable bonds is 7. The van der Waals surface area contributed by atoms with Crippen LogP contribution in [0.4, 0.5) is 16.0 Å². The fourth-order valence-electron chi connectivity index (χ4n) is 7.46. The summed E-state index contributed by atoms with van der Waals surface area (Å²) in [5.41, 5.74) is 10.9. The molecule has 3 fully saturated rings. The number of nitrogen functional groups attached to an aromatic ring is 1. The van der Waals surface area contributed by atoms with E-state index in [9.17, 15) is 9.90 Å². The molecule has 1 aliphatic carbocycles. The number of benzene rings is 1. The minimum Gasteiger partial charge on any atom is -0.392 e. The number of nitrogens with one attached hydrogen (secondary N) is 1. The number of aromatic amines is 1. The van der Waals surface area contributed by atoms with Crippen LogP contribution < -0.4 is 16.2 Å². The standard InChI is InChI=1S/C37H36FN9O3/c1-20-16-45(25-18-50-19-25)10-11-46(20)24-4-5-30(41-15-24)31-14-27-33(43-37(39)44-34(27)42-31)26-6-8-40-35(28(26)17-48)47-9-7-22-12-23(21-2-3-21)13-29(38)32(22)36(47)49/h4-9,12-15,20-21,25,48H,2-3,10-11,16-19H2,1H3,(H3,39,42,43,44). The van der Waals surface area contributed by atoms with E-state index in [1.807, 2.05) is 24.4 Å². The highest BCUT2D eigenvalue weighted by atomic mass is 19.1. The summed E-state index contributed by atoms with van der Waals surface area (Å²) in [5.74, 6) is -0.00458. The van der Waals surface area contributed by atoms with Crippen LogP contribution in [-0.2, 0) is 11.3 Å². The molecule has 50 heavy (non-hydrogen) atoms. The van der Waals surface area contributed by atoms with Gasteiger partial charge in [-0.1, -0.05) is 6.07 Å². The second kappa shape index (κ2) is 12.0. The van der Waals surface area contributed by atoms with Crippen molar-refractivity contribution in [2.24, 2.45) is 0 Å². The van der Waals surface area contributed by atoms with Gasteiger partial charge >= 0.3 is 0 Å². The van der Waals surface area contributed by atoms with Crippen molar-refractivity contribution >= 4 is 33.4 Å². The second-order valence-electron chi connectivity index (χ2n) is 13.6. The number of halogens is 1. The number of ether oxygens (including phenoxy) is 1. The molecule has 2 saturated heterocycles. The molecule has 2 aliphatic heterocycles. The van der Waals surface area contributed by atoms with E-state index in [4.69, 9.17) is 15.5 Å². The Labute approximate surface area is 286 Å². The van der Waals surface area contributed by atoms with E-state index in [0.29, 0.717) is 51.2 Å². The first-order valence-electron chi connectivity index (χ1n) is 17.0. The van der Waals surface area contributed by atoms with Gasteiger partial charge in [0.15, 0.2) is 0 Å². The van der Waals surface area contributed by atoms with Gasteiger partial charge in [0, 0.05) is 54.6 Å². The first kappa shape index (κ1) is 30.8. The first-order valence-corrected chi connectivity index (χ1v) is 17.0. The summed E-state index contributed by atoms with van der Waals surface area (Å²) in [5, 5.41) is 11.9. The predicted octanol–water partition coefficient (Wildman–Crippen LogP) is 4.39. The number of aromatic nitrogens is 6. The largest absolute Gasteiger partial charge is 0.392 e. The molecule has 9 rings (SSSR count). The summed E-state index contributed by atoms with van der Waals surface area (Å²) < 4.78 is 22.0. The molecule has 3 aliphatic rings. The van der Waals surface area contributed by atoms with Crippen LogP contribution in [0.2, 0.25) is 0 Å². The van der Waals surface area contributed by atoms with Gasteiger partial charge < -0.3 is 25.5 Å². The minimum absolute atomic E-state index is 0.0176. The third-order valence-electron chi connectivity index (χ3n) is 10.4. The van der Waals surface area contributed by atoms with Crippen LogP contribution in [-0.4, -0.2) is 84.4 Å². The number of piperazine rings is 1. The molecule has 0 spiro atoms. The van der Waals surface area contributed by atoms with Gasteiger partial charge in [-0.05, 0) is 73.0 Å². The number of fused-ring (bicyclic) bond motifs is 2. The molecule has 7 heterocycles. The number of hydrogen-bond acceptors (Lipinski definition) is 10. The molecule has 1 unspecified atom stereocenters. The SMILES string of the molecule is CC1CN(C2COC2)CCN1c1ccc(-c2cc3c(-c4ccnc(-n5ccc6cc(C7CC7)cc(F)c6c5=O)c4CO)nc(N)nc3[nH]2)nc1. The second-order valence-corrected chi connectivity index (χ2v) is 13.6. The van der Waals surface area contributed by atoms with Crippen LogP contribution in [0, 0.1) is 5.82 Å². The molecular formula is C37H36FN9O3. The van der Waals surface area contributed by atoms with Crippen molar-refractivity contribution < 1.29 is 14.2 Å². The number of H-pyrrole nitrogens is 1. The molecule has 4 N–H and O–H groups in total. The molecular weight excluding hydrogens is 637 g/mol. The zero-order chi connectivity index (χ0) is 34.1. The predicted molar refractivity (Wildman–Crippen MR) is 189 cm³/mol. The van der Waals surface area contributed by atoms with Gasteiger partial charge in [0.25, 0.3) is 5.56 Å². The van der Waals surface area contributed by atoms with Gasteiger partial charge in [-0.15, -0.1) is 0 Å². The monoisotopic (exact) mass is 673 g/mol. The average molecular weight is 674 g/mol. The van der Waals surface area contributed by atoms with E-state index in [1.54, 1.807) is 18.3 Å². The van der Waals surface area contributed by atoms with Crippen molar-refractivity contribution in [1.29, 1.82) is 0 Å². The summed E-state index contributed by atoms with van der Waals surface area (Å²) in [4.78, 5) is 40.2. The van der Waals surface area contributed by atoms with Gasteiger partial charge in [0.2, 0.25) is 5.95 Å². The Hall–Kier alpha value is -5.24. The van der Waals surface area contributed by atoms with Crippen LogP contribution in [0.1, 0.15) is 36.8 Å². The summed E-state index contributed by atoms with van der Waals surface area (Å²) >= 11 is 0. The lowest BCUT2D eigenvalue weighted by Gasteiger charge is -2.46. The van der Waals surface area contributed by atoms with Crippen LogP contribution in [0.15, 0.2) is 65.8 Å². The van der Waals surface area contributed by atoms with Gasteiger partial charge in [-0.25, -0.2) is 14.4 Å². The van der Waals surface area contributed by atoms with Gasteiger partial charge in [-0.2, -0.15) is 4.98 Å². The Morgan fingerprint density at radius 1 is 1.08 bits per heavy atom. The van der Waals surface area contributed by atoms with Crippen molar-refractivity contribution in [1.82, 2.24) is 34.4 Å². The summed E-state index contributed by atoms with van der Waals surface area (Å²) in [7, 11) is 0. The van der Waals surface area contributed by atoms with Gasteiger partial charge in [0.1, 0.15) is 17.3 Å². The number of aliphatic hydroxyl groups excluding tert-OH is 1. The fourth-order valence-corrected chi connectivity index (χ4v) is 7.46. The van der Waals surface area contributed by atoms with Crippen molar-refractivity contribution in [3.63, 3.8) is 0 Å². The molecule has 1 saturated carbocycles. The minimum atomic E-state index is -0.561. The number of nitrogens with zero attached hydrogens (tertiary/aromatic N) is 7. The number of anilines is 2. The van der Waals surface area contributed by atoms with Crippen molar-refractivity contribution in [3.8, 4) is 28.5 Å². The number of aliphatic hydroxyl groups is 1. The zero-order valence-electron chi connectivity index (χ0n) is 27.5. The Balaban J connectivity index is 1.06. The smallest absolute Gasteiger partial charge is 0.267 e. The summed E-state index contributed by atoms with van der Waals surface area (Å²) in [6.07, 6.45) is 7.06. The van der Waals surface area contributed by atoms with Crippen molar-refractivity contribution in [3.05, 3.63) is 88.4 Å². The lowest BCUT2D eigenvalue weighted by molar-refractivity contribution is -0.0691. The highest BCUT2D eigenvalue weighted by Gasteiger charge is 2.32. The van der Waals surface area contributed by atoms with E-state index in [0.717, 1.165) is 68.3 Å². The van der Waals surface area contributed by atoms with Crippen molar-refractivity contribution in [2.45, 2.75) is 44.4 Å². The van der Waals surface area contributed by atoms with E-state index in [-0.39, 0.29) is 17.2 Å². The van der Waals surface area contributed by atoms with E-state index in [2.05, 4.69) is 42.7 Å². The zero-order valence-corrected chi connectivity index (χ0v) is 27.5. The fraction of sp³-hybridized carbons (Fsp3) is 0.324. The third-order valence-corrected chi connectivity index (χ3v) is 10.4. The molecule has 1 aromatic carbocycles. The van der Waals surface area contributed by atoms with E-state index < -0.39 is 18.0 Å². The molecule has 1 atom stereocenters. The first-order chi connectivity index (χ1) is 24.4. The third kappa shape index (κ3) is 5.20. The molecule has 0 radical (unpaired) electrons. The highest BCUT2D eigenvalue weighted by Crippen LogP contribution is 2.41. The Morgan fingerprint density at radius 2 is 1.94 bits per heavy atom. The maximum absolute atomic E-state index is 15.3. The maximum atomic E-state index is 15.3. The quantitative estimate of drug-likeness (QED) is 0.223. The number of pyridine rings is 3. The van der Waals surface area contributed by atoms with Crippen LogP contribution in [0.25, 0.3) is 50.3 Å². The van der Waals surface area contributed by atoms with E-state index >= 15 is 4.39 Å². The number of hydrogen-bond donors (Lipinski definition) is 3. The Morgan fingerprint density at radius 3 is 2.66 bits per heavy atom. The van der Waals surface area contributed by atoms with Gasteiger partial charge in [-0.3, -0.25) is 19.2 Å². The average Bonchev–Trinajstić information content (AvgIpc) is 3.86. The number of nitrogens with two attached hydrogens (primary N) is 1. The lowest BCUT2D eigenvalue weighted by atomic mass is 10.0. The Kier molecular flexibility index (Phi) is 7.37. The Bertz CT molecular complexity index is 2330. The van der Waals surface area contributed by atoms with Gasteiger partial charge in [0.05, 0.1) is 60.2 Å². The highest BCUT2D eigenvalue weighted by molar-refractivity contribution is 5.96. The van der Waals surface area contributed by atoms with Crippen molar-refractivity contribution in [2.75, 3.05) is 43.5 Å². The van der Waals surface area contributed by atoms with Crippen LogP contribution in [0.3, 0.4) is 0 Å². The molecule has 0 bridgehead atoms. The summed E-state index contributed by atoms with van der Waals surface area (Å²) in [6, 6.07) is 13.6. The summed E-state index contributed by atoms with van der Waals surface area (Å²) in [6.45, 7) is 6.33. The molecule has 0 amide bonds. The molecule has 13 heteroatoms. The van der Waals surface area contributed by atoms with Crippen LogP contribution >= 0.6 is 0 Å². The molecule has 6 aromatic rings. The molecule has 254 valence electrons. The maximum Gasteiger partial charge on any atom is 0.267 e. The van der Waals surface area contributed by atoms with E-state index in [1.165, 1.54) is 16.8 Å². The normalized spacial score (nSPS) is 18.6. The molecule has 5 aromatic heterocycles. The van der Waals surface area contributed by atoms with Crippen LogP contribution in [0.5, 0.6) is 0 Å². The topological polar surface area (TPSA) is 151 Å². The lowest BCUT2D eigenvalue weighted by Crippen LogP contribution is -2.59.